The van der Waals surface area contributed by atoms with Crippen molar-refractivity contribution in [3.63, 3.8) is 0 Å². The molecule has 2 aliphatic carbocycles. The zero-order valence-corrected chi connectivity index (χ0v) is 39.7. The van der Waals surface area contributed by atoms with Crippen LogP contribution in [-0.2, 0) is 32.5 Å². The Morgan fingerprint density at radius 2 is 1.10 bits per heavy atom. The molecule has 5 heterocycles. The highest BCUT2D eigenvalue weighted by molar-refractivity contribution is 5.92. The molecule has 69 heavy (non-hydrogen) atoms. The van der Waals surface area contributed by atoms with Crippen molar-refractivity contribution in [2.75, 3.05) is 77.5 Å². The summed E-state index contributed by atoms with van der Waals surface area (Å²) in [4.78, 5) is 31.8. The lowest BCUT2D eigenvalue weighted by Crippen LogP contribution is -2.43. The van der Waals surface area contributed by atoms with E-state index in [1.54, 1.807) is 12.3 Å². The Morgan fingerprint density at radius 1 is 0.580 bits per heavy atom. The summed E-state index contributed by atoms with van der Waals surface area (Å²) in [7, 11) is 4.39. The maximum Gasteiger partial charge on any atom is 0.319 e. The Hall–Kier alpha value is -7.15. The third-order valence-electron chi connectivity index (χ3n) is 13.7. The van der Waals surface area contributed by atoms with Gasteiger partial charge in [0, 0.05) is 124 Å². The normalized spacial score (nSPS) is 16.2. The lowest BCUT2D eigenvalue weighted by atomic mass is 9.97. The Kier molecular flexibility index (Phi) is 13.9. The van der Waals surface area contributed by atoms with Crippen LogP contribution in [-0.4, -0.2) is 102 Å². The van der Waals surface area contributed by atoms with Crippen LogP contribution in [0.5, 0.6) is 0 Å². The van der Waals surface area contributed by atoms with Crippen molar-refractivity contribution in [2.24, 2.45) is 0 Å². The molecule has 0 saturated carbocycles. The van der Waals surface area contributed by atoms with Gasteiger partial charge in [-0.3, -0.25) is 19.8 Å². The van der Waals surface area contributed by atoms with Crippen molar-refractivity contribution in [3.8, 4) is 22.3 Å². The minimum absolute atomic E-state index is 0.274. The molecule has 2 fully saturated rings. The number of amides is 2. The standard InChI is InChI=1S/C32H33N5O2.C26H28N4/c1-36-13-15-37(16-14-36)22-23-7-9-24(10-8-23)26-19-30-29(11-12-31(30)33-20-26)25-4-2-5-27(18-25)35-32(38)34-21-28-6-3-17-39-28;1-29-11-13-30(14-12-29)18-19-5-7-20(8-6-19)22-16-25-24(9-10-26(25)28-17-22)21-3-2-4-23(27)15-21/h2-11,17-20H,12-16,21-22H2,1H3,(H2,34,35,38);2-9,15-17H,10-14,18,27H2,1H3. The summed E-state index contributed by atoms with van der Waals surface area (Å²) in [6, 6.07) is 41.8. The minimum atomic E-state index is -0.274. The van der Waals surface area contributed by atoms with Gasteiger partial charge in [0.1, 0.15) is 5.76 Å². The number of likely N-dealkylation sites (N-methyl/N-ethyl adjacent to an activating group) is 2. The molecule has 7 aromatic rings. The molecule has 0 bridgehead atoms. The molecule has 4 aliphatic rings. The number of furan rings is 1. The molecule has 11 heteroatoms. The Bertz CT molecular complexity index is 2950. The number of rotatable bonds is 11. The van der Waals surface area contributed by atoms with E-state index in [-0.39, 0.29) is 6.03 Å². The smallest absolute Gasteiger partial charge is 0.319 e. The summed E-state index contributed by atoms with van der Waals surface area (Å²) in [5, 5.41) is 5.74. The quantitative estimate of drug-likeness (QED) is 0.109. The molecule has 0 radical (unpaired) electrons. The summed E-state index contributed by atoms with van der Waals surface area (Å²) in [6.45, 7) is 11.5. The van der Waals surface area contributed by atoms with E-state index in [0.29, 0.717) is 12.3 Å². The number of hydrogen-bond acceptors (Lipinski definition) is 9. The topological polar surface area (TPSA) is 119 Å². The van der Waals surface area contributed by atoms with Gasteiger partial charge in [-0.05, 0) is 107 Å². The van der Waals surface area contributed by atoms with E-state index >= 15 is 0 Å². The largest absolute Gasteiger partial charge is 0.467 e. The fourth-order valence-electron chi connectivity index (χ4n) is 9.62. The van der Waals surface area contributed by atoms with Crippen LogP contribution in [0.1, 0.15) is 50.5 Å². The SMILES string of the molecule is CN1CCN(Cc2ccc(-c3cnc4c(c3)C(c3cccc(N)c3)=CC4)cc2)CC1.CN1CCN(Cc2ccc(-c3cnc4c(c3)C(c3cccc(NC(=O)NCc5ccco5)c3)=CC4)cc2)CC1. The number of carbonyl (C=O) groups excluding carboxylic acids is 1. The maximum absolute atomic E-state index is 12.4. The van der Waals surface area contributed by atoms with E-state index in [2.05, 4.69) is 129 Å². The first kappa shape index (κ1) is 45.6. The van der Waals surface area contributed by atoms with E-state index in [0.717, 1.165) is 134 Å². The molecule has 0 spiro atoms. The van der Waals surface area contributed by atoms with Crippen molar-refractivity contribution in [3.05, 3.63) is 203 Å². The molecule has 4 aromatic carbocycles. The average molecular weight is 916 g/mol. The highest BCUT2D eigenvalue weighted by Gasteiger charge is 2.21. The summed E-state index contributed by atoms with van der Waals surface area (Å²) in [5.74, 6) is 0.708. The van der Waals surface area contributed by atoms with Gasteiger partial charge in [-0.15, -0.1) is 0 Å². The van der Waals surface area contributed by atoms with Crippen molar-refractivity contribution in [1.82, 2.24) is 34.9 Å². The monoisotopic (exact) mass is 915 g/mol. The number of piperazine rings is 2. The number of nitrogens with zero attached hydrogens (tertiary/aromatic N) is 6. The van der Waals surface area contributed by atoms with Crippen LogP contribution < -0.4 is 16.4 Å². The van der Waals surface area contributed by atoms with E-state index < -0.39 is 0 Å². The number of carbonyl (C=O) groups is 1. The van der Waals surface area contributed by atoms with Gasteiger partial charge in [0.2, 0.25) is 0 Å². The van der Waals surface area contributed by atoms with Crippen LogP contribution in [0.15, 0.2) is 157 Å². The lowest BCUT2D eigenvalue weighted by molar-refractivity contribution is 0.148. The number of nitrogens with one attached hydrogen (secondary N) is 2. The van der Waals surface area contributed by atoms with Gasteiger partial charge in [-0.25, -0.2) is 4.79 Å². The van der Waals surface area contributed by atoms with E-state index in [1.807, 2.05) is 54.9 Å². The van der Waals surface area contributed by atoms with Crippen molar-refractivity contribution in [1.29, 1.82) is 0 Å². The Labute approximate surface area is 406 Å². The second-order valence-corrected chi connectivity index (χ2v) is 18.7. The number of hydrogen-bond donors (Lipinski definition) is 3. The van der Waals surface area contributed by atoms with Crippen LogP contribution >= 0.6 is 0 Å². The molecule has 2 saturated heterocycles. The van der Waals surface area contributed by atoms with Gasteiger partial charge in [-0.1, -0.05) is 84.9 Å². The maximum atomic E-state index is 12.4. The number of nitrogen functional groups attached to an aromatic ring is 1. The van der Waals surface area contributed by atoms with Gasteiger partial charge in [-0.2, -0.15) is 0 Å². The number of benzene rings is 4. The zero-order valence-electron chi connectivity index (χ0n) is 39.7. The molecule has 2 aliphatic heterocycles. The number of aromatic nitrogens is 2. The van der Waals surface area contributed by atoms with Gasteiger partial charge in [0.05, 0.1) is 24.2 Å². The van der Waals surface area contributed by atoms with Crippen molar-refractivity contribution >= 4 is 28.6 Å². The van der Waals surface area contributed by atoms with E-state index in [1.165, 1.54) is 33.4 Å². The summed E-state index contributed by atoms with van der Waals surface area (Å²) >= 11 is 0. The first-order valence-electron chi connectivity index (χ1n) is 24.2. The van der Waals surface area contributed by atoms with Crippen LogP contribution in [0.25, 0.3) is 33.4 Å². The van der Waals surface area contributed by atoms with E-state index in [4.69, 9.17) is 20.1 Å². The molecule has 3 aromatic heterocycles. The number of anilines is 2. The third-order valence-corrected chi connectivity index (χ3v) is 13.7. The molecule has 0 unspecified atom stereocenters. The molecule has 11 nitrogen and oxygen atoms in total. The lowest BCUT2D eigenvalue weighted by Gasteiger charge is -2.32. The van der Waals surface area contributed by atoms with Crippen LogP contribution in [0.4, 0.5) is 16.2 Å². The fourth-order valence-corrected chi connectivity index (χ4v) is 9.62. The number of pyridine rings is 2. The third kappa shape index (κ3) is 11.3. The molecular weight excluding hydrogens is 855 g/mol. The highest BCUT2D eigenvalue weighted by Crippen LogP contribution is 2.37. The average Bonchev–Trinajstić information content (AvgIpc) is 4.16. The Balaban J connectivity index is 0.000000166. The molecule has 0 atom stereocenters. The molecule has 4 N–H and O–H groups in total. The fraction of sp³-hybridized carbons (Fsp3) is 0.259. The number of nitrogens with two attached hydrogens (primary N) is 1. The summed E-state index contributed by atoms with van der Waals surface area (Å²) in [5.41, 5.74) is 24.1. The summed E-state index contributed by atoms with van der Waals surface area (Å²) < 4.78 is 5.28. The van der Waals surface area contributed by atoms with E-state index in [9.17, 15) is 4.79 Å². The van der Waals surface area contributed by atoms with Crippen LogP contribution in [0, 0.1) is 0 Å². The van der Waals surface area contributed by atoms with Gasteiger partial charge < -0.3 is 30.6 Å². The minimum Gasteiger partial charge on any atom is -0.467 e. The van der Waals surface area contributed by atoms with Gasteiger partial charge >= 0.3 is 6.03 Å². The van der Waals surface area contributed by atoms with Gasteiger partial charge in [0.15, 0.2) is 0 Å². The zero-order chi connectivity index (χ0) is 47.1. The van der Waals surface area contributed by atoms with Crippen LogP contribution in [0.2, 0.25) is 0 Å². The highest BCUT2D eigenvalue weighted by atomic mass is 16.3. The Morgan fingerprint density at radius 3 is 1.61 bits per heavy atom. The van der Waals surface area contributed by atoms with Crippen molar-refractivity contribution < 1.29 is 9.21 Å². The second-order valence-electron chi connectivity index (χ2n) is 18.7. The van der Waals surface area contributed by atoms with Crippen molar-refractivity contribution in [2.45, 2.75) is 32.5 Å². The summed E-state index contributed by atoms with van der Waals surface area (Å²) in [6.07, 6.45) is 11.7. The predicted octanol–water partition coefficient (Wildman–Crippen LogP) is 9.46. The number of allylic oxidation sites excluding steroid dienone is 2. The molecule has 2 amide bonds. The molecular formula is C58H61N9O2. The number of fused-ring (bicyclic) bond motifs is 2. The van der Waals surface area contributed by atoms with Crippen LogP contribution in [0.3, 0.4) is 0 Å². The molecule has 11 rings (SSSR count). The van der Waals surface area contributed by atoms with Gasteiger partial charge in [0.25, 0.3) is 0 Å². The number of urea groups is 1. The predicted molar refractivity (Wildman–Crippen MR) is 278 cm³/mol. The first-order chi connectivity index (χ1) is 33.8. The molecule has 350 valence electrons. The first-order valence-corrected chi connectivity index (χ1v) is 24.2. The second kappa shape index (κ2) is 21.0.